The van der Waals surface area contributed by atoms with E-state index in [0.717, 1.165) is 16.3 Å². The number of nitriles is 1. The lowest BCUT2D eigenvalue weighted by atomic mass is 10.1. The number of hydrogen-bond acceptors (Lipinski definition) is 4. The van der Waals surface area contributed by atoms with Gasteiger partial charge in [0.1, 0.15) is 11.4 Å². The van der Waals surface area contributed by atoms with Crippen molar-refractivity contribution in [1.29, 1.82) is 5.26 Å². The van der Waals surface area contributed by atoms with Gasteiger partial charge in [0.25, 0.3) is 11.3 Å². The van der Waals surface area contributed by atoms with Crippen LogP contribution in [0.4, 0.5) is 11.4 Å². The summed E-state index contributed by atoms with van der Waals surface area (Å²) in [6.07, 6.45) is 0. The fraction of sp³-hybridized carbons (Fsp3) is 0.105. The molecule has 0 fully saturated rings. The fourth-order valence-electron chi connectivity index (χ4n) is 2.84. The second kappa shape index (κ2) is 7.54. The van der Waals surface area contributed by atoms with E-state index in [1.165, 1.54) is 12.1 Å². The molecule has 0 saturated carbocycles. The van der Waals surface area contributed by atoms with Crippen molar-refractivity contribution in [2.75, 3.05) is 12.1 Å². The molecule has 0 heterocycles. The molecule has 26 heavy (non-hydrogen) atoms. The first kappa shape index (κ1) is 17.9. The first-order valence-corrected chi connectivity index (χ1v) is 8.89. The maximum absolute atomic E-state index is 11.6. The van der Waals surface area contributed by atoms with Crippen LogP contribution >= 0.6 is 0 Å². The molecule has 0 aliphatic rings. The number of rotatable bonds is 5. The van der Waals surface area contributed by atoms with Crippen LogP contribution < -0.4 is 14.6 Å². The molecule has 0 aromatic heterocycles. The van der Waals surface area contributed by atoms with Gasteiger partial charge >= 0.3 is 0 Å². The van der Waals surface area contributed by atoms with Crippen LogP contribution in [0.2, 0.25) is 0 Å². The molecule has 0 radical (unpaired) electrons. The molecule has 3 aromatic carbocycles. The van der Waals surface area contributed by atoms with Crippen molar-refractivity contribution in [2.45, 2.75) is 6.92 Å². The highest BCUT2D eigenvalue weighted by molar-refractivity contribution is 7.77. The Hall–Kier alpha value is -2.92. The third-order valence-electron chi connectivity index (χ3n) is 4.06. The standard InChI is InChI=1S/C19H17N3O3S/c1-13-10-19(25-2)18(11-15(13)12-20)22(21-26(23)24)17-9-5-7-14-6-3-4-8-16(14)17/h3-11,21H,1-2H3,(H,23,24). The van der Waals surface area contributed by atoms with Gasteiger partial charge in [-0.3, -0.25) is 9.56 Å². The zero-order valence-electron chi connectivity index (χ0n) is 14.3. The number of hydrazine groups is 1. The summed E-state index contributed by atoms with van der Waals surface area (Å²) in [5, 5.41) is 12.7. The SMILES string of the molecule is COc1cc(C)c(C#N)cc1N(NS(=O)O)c1cccc2ccccc12. The number of fused-ring (bicyclic) bond motifs is 1. The van der Waals surface area contributed by atoms with Crippen LogP contribution in [0, 0.1) is 18.3 Å². The molecule has 0 bridgehead atoms. The van der Waals surface area contributed by atoms with Gasteiger partial charge < -0.3 is 4.74 Å². The van der Waals surface area contributed by atoms with Crippen molar-refractivity contribution < 1.29 is 13.5 Å². The fourth-order valence-corrected chi connectivity index (χ4v) is 3.19. The zero-order valence-corrected chi connectivity index (χ0v) is 15.1. The summed E-state index contributed by atoms with van der Waals surface area (Å²) in [4.78, 5) is 2.52. The number of anilines is 2. The molecule has 7 heteroatoms. The summed E-state index contributed by atoms with van der Waals surface area (Å²) in [6, 6.07) is 18.8. The number of methoxy groups -OCH3 is 1. The molecular formula is C19H17N3O3S. The van der Waals surface area contributed by atoms with E-state index in [1.54, 1.807) is 12.1 Å². The second-order valence-electron chi connectivity index (χ2n) is 5.62. The van der Waals surface area contributed by atoms with Crippen molar-refractivity contribution >= 4 is 33.4 Å². The Kier molecular flexibility index (Phi) is 5.19. The van der Waals surface area contributed by atoms with Gasteiger partial charge in [0.15, 0.2) is 0 Å². The van der Waals surface area contributed by atoms with Crippen LogP contribution in [-0.2, 0) is 11.3 Å². The highest BCUT2D eigenvalue weighted by Crippen LogP contribution is 2.37. The number of benzene rings is 3. The predicted molar refractivity (Wildman–Crippen MR) is 102 cm³/mol. The molecule has 132 valence electrons. The normalized spacial score (nSPS) is 11.8. The quantitative estimate of drug-likeness (QED) is 0.529. The summed E-state index contributed by atoms with van der Waals surface area (Å²) in [6.45, 7) is 1.81. The minimum Gasteiger partial charge on any atom is -0.495 e. The van der Waals surface area contributed by atoms with Crippen molar-refractivity contribution in [3.8, 4) is 11.8 Å². The summed E-state index contributed by atoms with van der Waals surface area (Å²) in [5.41, 5.74) is 2.34. The second-order valence-corrected chi connectivity index (χ2v) is 6.31. The lowest BCUT2D eigenvalue weighted by Crippen LogP contribution is -2.35. The van der Waals surface area contributed by atoms with Crippen LogP contribution in [0.15, 0.2) is 54.6 Å². The van der Waals surface area contributed by atoms with Gasteiger partial charge in [-0.05, 0) is 36.1 Å². The van der Waals surface area contributed by atoms with Crippen molar-refractivity contribution in [3.05, 3.63) is 65.7 Å². The number of ether oxygens (including phenoxy) is 1. The highest BCUT2D eigenvalue weighted by Gasteiger charge is 2.20. The van der Waals surface area contributed by atoms with E-state index in [0.29, 0.717) is 22.7 Å². The molecule has 3 rings (SSSR count). The van der Waals surface area contributed by atoms with Crippen molar-refractivity contribution in [1.82, 2.24) is 4.83 Å². The van der Waals surface area contributed by atoms with E-state index in [9.17, 15) is 14.0 Å². The van der Waals surface area contributed by atoms with E-state index in [2.05, 4.69) is 10.9 Å². The van der Waals surface area contributed by atoms with E-state index in [1.807, 2.05) is 49.4 Å². The highest BCUT2D eigenvalue weighted by atomic mass is 32.2. The van der Waals surface area contributed by atoms with Crippen LogP contribution in [0.3, 0.4) is 0 Å². The molecule has 0 amide bonds. The number of nitrogens with zero attached hydrogens (tertiary/aromatic N) is 2. The lowest BCUT2D eigenvalue weighted by molar-refractivity contribution is 0.414. The molecule has 1 atom stereocenters. The third-order valence-corrected chi connectivity index (χ3v) is 4.40. The Bertz CT molecular complexity index is 1020. The monoisotopic (exact) mass is 367 g/mol. The molecule has 0 aliphatic carbocycles. The third kappa shape index (κ3) is 3.39. The molecular weight excluding hydrogens is 350 g/mol. The molecule has 0 spiro atoms. The van der Waals surface area contributed by atoms with Crippen LogP contribution in [0.1, 0.15) is 11.1 Å². The maximum atomic E-state index is 11.6. The summed E-state index contributed by atoms with van der Waals surface area (Å²) < 4.78 is 26.5. The molecule has 3 aromatic rings. The molecule has 1 unspecified atom stereocenters. The van der Waals surface area contributed by atoms with E-state index in [-0.39, 0.29) is 0 Å². The van der Waals surface area contributed by atoms with Crippen LogP contribution in [0.25, 0.3) is 10.8 Å². The first-order chi connectivity index (χ1) is 12.5. The van der Waals surface area contributed by atoms with Crippen molar-refractivity contribution in [2.24, 2.45) is 0 Å². The summed E-state index contributed by atoms with van der Waals surface area (Å²) in [7, 11) is 1.52. The zero-order chi connectivity index (χ0) is 18.7. The van der Waals surface area contributed by atoms with Gasteiger partial charge in [-0.25, -0.2) is 4.21 Å². The Labute approximate surface area is 154 Å². The summed E-state index contributed by atoms with van der Waals surface area (Å²) in [5.74, 6) is 0.479. The number of hydrogen-bond donors (Lipinski definition) is 2. The molecule has 6 nitrogen and oxygen atoms in total. The first-order valence-electron chi connectivity index (χ1n) is 7.79. The van der Waals surface area contributed by atoms with Crippen molar-refractivity contribution in [3.63, 3.8) is 0 Å². The van der Waals surface area contributed by atoms with Crippen LogP contribution in [0.5, 0.6) is 5.75 Å². The predicted octanol–water partition coefficient (Wildman–Crippen LogP) is 3.81. The largest absolute Gasteiger partial charge is 0.495 e. The molecule has 0 aliphatic heterocycles. The van der Waals surface area contributed by atoms with Gasteiger partial charge in [0.05, 0.1) is 24.4 Å². The minimum atomic E-state index is -2.33. The number of nitrogens with one attached hydrogen (secondary N) is 1. The van der Waals surface area contributed by atoms with Gasteiger partial charge in [0, 0.05) is 5.39 Å². The Balaban J connectivity index is 2.28. The van der Waals surface area contributed by atoms with Gasteiger partial charge in [-0.15, -0.1) is 4.83 Å². The smallest absolute Gasteiger partial charge is 0.250 e. The van der Waals surface area contributed by atoms with Gasteiger partial charge in [-0.1, -0.05) is 36.4 Å². The molecule has 0 saturated heterocycles. The summed E-state index contributed by atoms with van der Waals surface area (Å²) >= 11 is -2.33. The van der Waals surface area contributed by atoms with Crippen LogP contribution in [-0.4, -0.2) is 15.9 Å². The van der Waals surface area contributed by atoms with E-state index >= 15 is 0 Å². The Morgan fingerprint density at radius 3 is 2.58 bits per heavy atom. The van der Waals surface area contributed by atoms with Gasteiger partial charge in [-0.2, -0.15) is 5.26 Å². The number of aryl methyl sites for hydroxylation is 1. The maximum Gasteiger partial charge on any atom is 0.250 e. The Morgan fingerprint density at radius 2 is 1.88 bits per heavy atom. The van der Waals surface area contributed by atoms with E-state index < -0.39 is 11.3 Å². The van der Waals surface area contributed by atoms with E-state index in [4.69, 9.17) is 4.74 Å². The topological polar surface area (TPSA) is 85.6 Å². The minimum absolute atomic E-state index is 0.455. The lowest BCUT2D eigenvalue weighted by Gasteiger charge is -2.27. The Morgan fingerprint density at radius 1 is 1.15 bits per heavy atom. The average molecular weight is 367 g/mol. The van der Waals surface area contributed by atoms with Gasteiger partial charge in [0.2, 0.25) is 0 Å². The average Bonchev–Trinajstić information content (AvgIpc) is 2.65. The molecule has 2 N–H and O–H groups in total.